The third-order valence-corrected chi connectivity index (χ3v) is 2.98. The van der Waals surface area contributed by atoms with E-state index in [4.69, 9.17) is 4.42 Å². The van der Waals surface area contributed by atoms with Gasteiger partial charge >= 0.3 is 5.97 Å². The molecule has 0 saturated carbocycles. The molecule has 0 saturated heterocycles. The van der Waals surface area contributed by atoms with Gasteiger partial charge in [-0.2, -0.15) is 5.10 Å². The number of hydrogen-bond acceptors (Lipinski definition) is 3. The van der Waals surface area contributed by atoms with Crippen molar-refractivity contribution in [1.29, 1.82) is 0 Å². The van der Waals surface area contributed by atoms with Gasteiger partial charge in [0, 0.05) is 12.0 Å². The summed E-state index contributed by atoms with van der Waals surface area (Å²) in [6.07, 6.45) is 0. The van der Waals surface area contributed by atoms with Crippen molar-refractivity contribution in [2.45, 2.75) is 39.0 Å². The van der Waals surface area contributed by atoms with E-state index in [0.29, 0.717) is 16.8 Å². The van der Waals surface area contributed by atoms with Gasteiger partial charge in [-0.05, 0) is 13.8 Å². The van der Waals surface area contributed by atoms with Crippen molar-refractivity contribution in [1.82, 2.24) is 10.2 Å². The number of fused-ring (bicyclic) bond motifs is 1. The molecule has 0 bridgehead atoms. The third kappa shape index (κ3) is 1.71. The minimum absolute atomic E-state index is 0.255. The number of rotatable bonds is 3. The number of nitrogens with one attached hydrogen (secondary N) is 1. The Morgan fingerprint density at radius 1 is 1.53 bits per heavy atom. The number of aromatic amines is 1. The smallest absolute Gasteiger partial charge is 0.315 e. The Bertz CT molecular complexity index is 563. The van der Waals surface area contributed by atoms with Crippen LogP contribution >= 0.6 is 0 Å². The number of aromatic nitrogens is 2. The normalized spacial score (nSPS) is 12.5. The van der Waals surface area contributed by atoms with Gasteiger partial charge < -0.3 is 9.52 Å². The highest BCUT2D eigenvalue weighted by molar-refractivity contribution is 5.87. The van der Waals surface area contributed by atoms with Gasteiger partial charge in [-0.3, -0.25) is 9.89 Å². The fourth-order valence-electron chi connectivity index (χ4n) is 1.64. The zero-order valence-electron chi connectivity index (χ0n) is 10.4. The van der Waals surface area contributed by atoms with E-state index in [1.165, 1.54) is 0 Å². The summed E-state index contributed by atoms with van der Waals surface area (Å²) in [6.45, 7) is 7.28. The molecule has 2 heterocycles. The van der Waals surface area contributed by atoms with Crippen LogP contribution in [0.2, 0.25) is 0 Å². The van der Waals surface area contributed by atoms with Crippen molar-refractivity contribution in [3.05, 3.63) is 17.5 Å². The summed E-state index contributed by atoms with van der Waals surface area (Å²) in [7, 11) is 0. The number of hydrogen-bond donors (Lipinski definition) is 2. The van der Waals surface area contributed by atoms with E-state index in [1.807, 2.05) is 19.9 Å². The highest BCUT2D eigenvalue weighted by Crippen LogP contribution is 2.32. The van der Waals surface area contributed by atoms with E-state index in [1.54, 1.807) is 13.8 Å². The summed E-state index contributed by atoms with van der Waals surface area (Å²) in [4.78, 5) is 11.2. The van der Waals surface area contributed by atoms with E-state index in [-0.39, 0.29) is 5.92 Å². The Labute approximate surface area is 98.8 Å². The second kappa shape index (κ2) is 3.61. The summed E-state index contributed by atoms with van der Waals surface area (Å²) < 4.78 is 5.68. The number of aliphatic carboxylic acids is 1. The molecule has 0 aliphatic rings. The number of carbonyl (C=O) groups is 1. The van der Waals surface area contributed by atoms with Gasteiger partial charge in [0.05, 0.1) is 5.69 Å². The molecule has 5 heteroatoms. The van der Waals surface area contributed by atoms with E-state index >= 15 is 0 Å². The van der Waals surface area contributed by atoms with Gasteiger partial charge in [-0.25, -0.2) is 0 Å². The van der Waals surface area contributed by atoms with Gasteiger partial charge in [0.25, 0.3) is 0 Å². The molecule has 0 aliphatic heterocycles. The molecular formula is C12H16N2O3. The molecule has 0 spiro atoms. The van der Waals surface area contributed by atoms with E-state index in [2.05, 4.69) is 10.2 Å². The van der Waals surface area contributed by atoms with Crippen LogP contribution in [0, 0.1) is 0 Å². The fourth-order valence-corrected chi connectivity index (χ4v) is 1.64. The summed E-state index contributed by atoms with van der Waals surface area (Å²) in [5, 5.41) is 16.0. The summed E-state index contributed by atoms with van der Waals surface area (Å²) in [6, 6.07) is 1.85. The molecule has 0 unspecified atom stereocenters. The maximum absolute atomic E-state index is 11.2. The zero-order valence-corrected chi connectivity index (χ0v) is 10.4. The lowest BCUT2D eigenvalue weighted by atomic mass is 9.89. The van der Waals surface area contributed by atoms with Crippen LogP contribution in [0.4, 0.5) is 0 Å². The van der Waals surface area contributed by atoms with Crippen LogP contribution in [0.1, 0.15) is 45.1 Å². The monoisotopic (exact) mass is 236 g/mol. The maximum atomic E-state index is 11.2. The highest BCUT2D eigenvalue weighted by atomic mass is 16.4. The number of nitrogens with zero attached hydrogens (tertiary/aromatic N) is 1. The number of carboxylic acids is 1. The summed E-state index contributed by atoms with van der Waals surface area (Å²) in [5.74, 6) is 0.162. The Morgan fingerprint density at radius 2 is 2.18 bits per heavy atom. The zero-order chi connectivity index (χ0) is 12.8. The van der Waals surface area contributed by atoms with Crippen LogP contribution in [0.25, 0.3) is 11.1 Å². The lowest BCUT2D eigenvalue weighted by Crippen LogP contribution is -2.29. The van der Waals surface area contributed by atoms with Gasteiger partial charge in [-0.1, -0.05) is 13.8 Å². The number of furan rings is 1. The van der Waals surface area contributed by atoms with Crippen LogP contribution in [-0.2, 0) is 10.2 Å². The first kappa shape index (κ1) is 11.7. The van der Waals surface area contributed by atoms with Gasteiger partial charge in [0.1, 0.15) is 16.7 Å². The van der Waals surface area contributed by atoms with E-state index in [9.17, 15) is 9.90 Å². The minimum Gasteiger partial charge on any atom is -0.481 e. The minimum atomic E-state index is -1.04. The van der Waals surface area contributed by atoms with Crippen LogP contribution in [-0.4, -0.2) is 21.3 Å². The average molecular weight is 236 g/mol. The van der Waals surface area contributed by atoms with Gasteiger partial charge in [-0.15, -0.1) is 0 Å². The Hall–Kier alpha value is -1.78. The fraction of sp³-hybridized carbons (Fsp3) is 0.500. The Morgan fingerprint density at radius 3 is 2.71 bits per heavy atom. The molecule has 2 rings (SSSR count). The quantitative estimate of drug-likeness (QED) is 0.858. The van der Waals surface area contributed by atoms with Crippen LogP contribution in [0.3, 0.4) is 0 Å². The van der Waals surface area contributed by atoms with Crippen LogP contribution in [0.5, 0.6) is 0 Å². The van der Waals surface area contributed by atoms with Crippen molar-refractivity contribution in [2.24, 2.45) is 0 Å². The van der Waals surface area contributed by atoms with Crippen LogP contribution in [0.15, 0.2) is 10.5 Å². The molecule has 0 fully saturated rings. The Kier molecular flexibility index (Phi) is 2.49. The molecule has 5 nitrogen and oxygen atoms in total. The molecule has 0 radical (unpaired) electrons. The molecule has 0 aromatic carbocycles. The number of H-pyrrole nitrogens is 1. The number of carboxylic acid groups (broad SMARTS) is 1. The van der Waals surface area contributed by atoms with Gasteiger partial charge in [0.15, 0.2) is 5.58 Å². The second-order valence-corrected chi connectivity index (χ2v) is 5.05. The molecule has 92 valence electrons. The van der Waals surface area contributed by atoms with Crippen molar-refractivity contribution in [3.63, 3.8) is 0 Å². The topological polar surface area (TPSA) is 79.1 Å². The maximum Gasteiger partial charge on any atom is 0.315 e. The van der Waals surface area contributed by atoms with Crippen molar-refractivity contribution < 1.29 is 14.3 Å². The molecule has 0 atom stereocenters. The molecule has 17 heavy (non-hydrogen) atoms. The summed E-state index contributed by atoms with van der Waals surface area (Å²) in [5.41, 5.74) is 0.687. The molecule has 2 N–H and O–H groups in total. The first-order valence-electron chi connectivity index (χ1n) is 5.55. The Balaban J connectivity index is 2.59. The lowest BCUT2D eigenvalue weighted by Gasteiger charge is -2.16. The molecule has 0 amide bonds. The first-order chi connectivity index (χ1) is 7.84. The molecule has 2 aromatic rings. The van der Waals surface area contributed by atoms with Crippen molar-refractivity contribution in [3.8, 4) is 0 Å². The van der Waals surface area contributed by atoms with E-state index < -0.39 is 11.4 Å². The van der Waals surface area contributed by atoms with Gasteiger partial charge in [0.2, 0.25) is 0 Å². The highest BCUT2D eigenvalue weighted by Gasteiger charge is 2.35. The first-order valence-corrected chi connectivity index (χ1v) is 5.55. The lowest BCUT2D eigenvalue weighted by molar-refractivity contribution is -0.142. The predicted molar refractivity (Wildman–Crippen MR) is 63.1 cm³/mol. The molecule has 0 aliphatic carbocycles. The molecule has 2 aromatic heterocycles. The van der Waals surface area contributed by atoms with Crippen LogP contribution < -0.4 is 0 Å². The van der Waals surface area contributed by atoms with Crippen molar-refractivity contribution >= 4 is 17.1 Å². The second-order valence-electron chi connectivity index (χ2n) is 5.05. The average Bonchev–Trinajstić information content (AvgIpc) is 2.74. The van der Waals surface area contributed by atoms with Crippen molar-refractivity contribution in [2.75, 3.05) is 0 Å². The van der Waals surface area contributed by atoms with E-state index in [0.717, 1.165) is 5.76 Å². The SMILES string of the molecule is CC(C)c1cc2n[nH]c(C(C)(C)C(=O)O)c2o1. The standard InChI is InChI=1S/C12H16N2O3/c1-6(2)8-5-7-9(17-8)10(14-13-7)12(3,4)11(15)16/h5-6H,1-4H3,(H,13,14)(H,15,16). The third-order valence-electron chi connectivity index (χ3n) is 2.98. The largest absolute Gasteiger partial charge is 0.481 e. The summed E-state index contributed by atoms with van der Waals surface area (Å²) >= 11 is 0. The molecular weight excluding hydrogens is 220 g/mol. The predicted octanol–water partition coefficient (Wildman–Crippen LogP) is 2.64.